The molecule has 0 atom stereocenters. The van der Waals surface area contributed by atoms with Crippen LogP contribution in [0.4, 0.5) is 0 Å². The number of hydrogen-bond donors (Lipinski definition) is 2. The molecule has 0 unspecified atom stereocenters. The predicted octanol–water partition coefficient (Wildman–Crippen LogP) is -0.262. The Hall–Kier alpha value is -1.63. The summed E-state index contributed by atoms with van der Waals surface area (Å²) in [5.41, 5.74) is 0.567. The first-order valence-corrected chi connectivity index (χ1v) is 3.89. The zero-order valence-electron chi connectivity index (χ0n) is 6.49. The Morgan fingerprint density at radius 3 is 2.69 bits per heavy atom. The van der Waals surface area contributed by atoms with Crippen molar-refractivity contribution in [1.82, 2.24) is 24.8 Å². The minimum Gasteiger partial charge on any atom is -0.335 e. The van der Waals surface area contributed by atoms with Gasteiger partial charge in [0.2, 0.25) is 11.0 Å². The van der Waals surface area contributed by atoms with Crippen molar-refractivity contribution >= 4 is 12.6 Å². The smallest absolute Gasteiger partial charge is 0.207 e. The molecule has 0 saturated heterocycles. The molecule has 0 fully saturated rings. The van der Waals surface area contributed by atoms with Gasteiger partial charge in [0.15, 0.2) is 0 Å². The summed E-state index contributed by atoms with van der Waals surface area (Å²) in [6.45, 7) is 0. The average molecular weight is 194 g/mol. The molecule has 13 heavy (non-hydrogen) atoms. The molecule has 0 aromatic carbocycles. The molecule has 7 heteroatoms. The second-order valence-electron chi connectivity index (χ2n) is 2.28. The first kappa shape index (κ1) is 7.99. The Balaban J connectivity index is 2.53. The van der Waals surface area contributed by atoms with Gasteiger partial charge >= 0.3 is 0 Å². The Morgan fingerprint density at radius 2 is 2.15 bits per heavy atom. The molecule has 2 N–H and O–H groups in total. The molecule has 0 aliphatic rings. The molecule has 0 spiro atoms. The predicted molar refractivity (Wildman–Crippen MR) is 48.5 cm³/mol. The van der Waals surface area contributed by atoms with Crippen LogP contribution in [0.25, 0.3) is 11.5 Å². The topological polar surface area (TPSA) is 82.5 Å². The molecule has 2 aromatic rings. The molecule has 2 heterocycles. The lowest BCUT2D eigenvalue weighted by atomic mass is 10.4. The van der Waals surface area contributed by atoms with E-state index in [-0.39, 0.29) is 0 Å². The molecule has 0 bridgehead atoms. The first-order chi connectivity index (χ1) is 6.29. The summed E-state index contributed by atoms with van der Waals surface area (Å²) in [6, 6.07) is 0. The summed E-state index contributed by atoms with van der Waals surface area (Å²) in [6.07, 6.45) is 4.69. The van der Waals surface area contributed by atoms with E-state index in [0.717, 1.165) is 0 Å². The molecule has 0 amide bonds. The zero-order chi connectivity index (χ0) is 9.26. The number of hydrogen-bond acceptors (Lipinski definition) is 6. The lowest BCUT2D eigenvalue weighted by Crippen LogP contribution is -2.11. The number of nitrogen functional groups attached to an aromatic ring is 1. The van der Waals surface area contributed by atoms with Crippen LogP contribution in [0.15, 0.2) is 23.7 Å². The summed E-state index contributed by atoms with van der Waals surface area (Å²) in [7, 11) is 0. The number of aromatic nitrogens is 5. The highest BCUT2D eigenvalue weighted by Gasteiger charge is 2.09. The normalized spacial score (nSPS) is 10.2. The van der Waals surface area contributed by atoms with Gasteiger partial charge in [0.1, 0.15) is 5.69 Å². The number of rotatable bonds is 1. The quantitative estimate of drug-likeness (QED) is 0.482. The summed E-state index contributed by atoms with van der Waals surface area (Å²) in [5, 5.41) is 7.81. The Morgan fingerprint density at radius 1 is 1.31 bits per heavy atom. The van der Waals surface area contributed by atoms with Crippen LogP contribution in [0.5, 0.6) is 0 Å². The van der Waals surface area contributed by atoms with E-state index in [1.807, 2.05) is 0 Å². The third-order valence-electron chi connectivity index (χ3n) is 1.47. The minimum absolute atomic E-state index is 0.334. The van der Waals surface area contributed by atoms with Gasteiger partial charge in [0.05, 0.1) is 6.20 Å². The molecule has 2 rings (SSSR count). The van der Waals surface area contributed by atoms with Crippen molar-refractivity contribution in [3.63, 3.8) is 0 Å². The van der Waals surface area contributed by atoms with Gasteiger partial charge in [-0.1, -0.05) is 0 Å². The first-order valence-electron chi connectivity index (χ1n) is 3.45. The van der Waals surface area contributed by atoms with Crippen LogP contribution in [-0.4, -0.2) is 24.8 Å². The molecule has 2 aromatic heterocycles. The van der Waals surface area contributed by atoms with Crippen LogP contribution in [-0.2, 0) is 0 Å². The molecule has 0 aliphatic heterocycles. The lowest BCUT2D eigenvalue weighted by Gasteiger charge is -1.97. The highest BCUT2D eigenvalue weighted by molar-refractivity contribution is 7.80. The second kappa shape index (κ2) is 3.02. The van der Waals surface area contributed by atoms with E-state index in [4.69, 9.17) is 5.84 Å². The average Bonchev–Trinajstić information content (AvgIpc) is 2.49. The molecular weight excluding hydrogens is 188 g/mol. The van der Waals surface area contributed by atoms with Crippen LogP contribution in [0.2, 0.25) is 0 Å². The van der Waals surface area contributed by atoms with Crippen LogP contribution in [0, 0.1) is 0 Å². The Labute approximate surface area is 79.2 Å². The fourth-order valence-corrected chi connectivity index (χ4v) is 1.01. The van der Waals surface area contributed by atoms with E-state index in [1.54, 1.807) is 18.6 Å². The van der Waals surface area contributed by atoms with Crippen LogP contribution < -0.4 is 5.84 Å². The monoisotopic (exact) mass is 194 g/mol. The van der Waals surface area contributed by atoms with E-state index in [0.29, 0.717) is 16.7 Å². The maximum Gasteiger partial charge on any atom is 0.207 e. The number of thiol groups is 1. The summed E-state index contributed by atoms with van der Waals surface area (Å²) in [4.78, 5) is 7.91. The van der Waals surface area contributed by atoms with E-state index in [9.17, 15) is 0 Å². The van der Waals surface area contributed by atoms with Gasteiger partial charge in [-0.2, -0.15) is 0 Å². The maximum absolute atomic E-state index is 5.58. The van der Waals surface area contributed by atoms with Crippen molar-refractivity contribution in [3.8, 4) is 11.5 Å². The van der Waals surface area contributed by atoms with Gasteiger partial charge in [0.25, 0.3) is 0 Å². The fraction of sp³-hybridized carbons (Fsp3) is 0. The summed E-state index contributed by atoms with van der Waals surface area (Å²) in [5.74, 6) is 6.02. The zero-order valence-corrected chi connectivity index (χ0v) is 7.39. The van der Waals surface area contributed by atoms with Crippen molar-refractivity contribution < 1.29 is 0 Å². The molecule has 0 saturated carbocycles. The largest absolute Gasteiger partial charge is 0.335 e. The minimum atomic E-state index is 0.334. The highest BCUT2D eigenvalue weighted by atomic mass is 32.1. The van der Waals surface area contributed by atoms with Crippen molar-refractivity contribution in [2.75, 3.05) is 5.84 Å². The third-order valence-corrected chi connectivity index (χ3v) is 1.78. The van der Waals surface area contributed by atoms with Gasteiger partial charge in [-0.25, -0.2) is 9.66 Å². The second-order valence-corrected chi connectivity index (χ2v) is 2.68. The number of nitrogens with two attached hydrogens (primary N) is 1. The highest BCUT2D eigenvalue weighted by Crippen LogP contribution is 2.12. The van der Waals surface area contributed by atoms with Crippen molar-refractivity contribution in [2.24, 2.45) is 0 Å². The van der Waals surface area contributed by atoms with Gasteiger partial charge in [0, 0.05) is 12.4 Å². The SMILES string of the molecule is Nn1c(S)nnc1-c1cnccn1. The summed E-state index contributed by atoms with van der Waals surface area (Å²) >= 11 is 3.99. The molecule has 0 aliphatic carbocycles. The van der Waals surface area contributed by atoms with Gasteiger partial charge < -0.3 is 5.84 Å². The number of nitrogens with zero attached hydrogens (tertiary/aromatic N) is 5. The molecule has 0 radical (unpaired) electrons. The van der Waals surface area contributed by atoms with E-state index >= 15 is 0 Å². The van der Waals surface area contributed by atoms with Gasteiger partial charge in [-0.15, -0.1) is 22.8 Å². The molecular formula is C6H6N6S. The van der Waals surface area contributed by atoms with E-state index < -0.39 is 0 Å². The van der Waals surface area contributed by atoms with Crippen molar-refractivity contribution in [3.05, 3.63) is 18.6 Å². The van der Waals surface area contributed by atoms with Crippen LogP contribution in [0.3, 0.4) is 0 Å². The third kappa shape index (κ3) is 1.33. The Bertz CT molecular complexity index is 410. The lowest BCUT2D eigenvalue weighted by molar-refractivity contribution is 0.853. The molecule has 66 valence electrons. The molecule has 6 nitrogen and oxygen atoms in total. The van der Waals surface area contributed by atoms with E-state index in [1.165, 1.54) is 4.68 Å². The van der Waals surface area contributed by atoms with Gasteiger partial charge in [-0.05, 0) is 0 Å². The summed E-state index contributed by atoms with van der Waals surface area (Å²) < 4.78 is 1.24. The maximum atomic E-state index is 5.58. The standard InChI is InChI=1S/C6H6N6S/c7-12-5(10-11-6(12)13)4-3-8-1-2-9-4/h1-3H,7H2,(H,11,13). The van der Waals surface area contributed by atoms with Crippen molar-refractivity contribution in [1.29, 1.82) is 0 Å². The van der Waals surface area contributed by atoms with Crippen LogP contribution in [0.1, 0.15) is 0 Å². The van der Waals surface area contributed by atoms with Gasteiger partial charge in [-0.3, -0.25) is 4.98 Å². The van der Waals surface area contributed by atoms with E-state index in [2.05, 4.69) is 32.8 Å². The van der Waals surface area contributed by atoms with Crippen molar-refractivity contribution in [2.45, 2.75) is 5.16 Å². The Kier molecular flexibility index (Phi) is 1.85. The fourth-order valence-electron chi connectivity index (χ4n) is 0.872. The van der Waals surface area contributed by atoms with Crippen LogP contribution >= 0.6 is 12.6 Å².